The highest BCUT2D eigenvalue weighted by molar-refractivity contribution is 5.96. The molecule has 0 aliphatic heterocycles. The quantitative estimate of drug-likeness (QED) is 0.0113. The summed E-state index contributed by atoms with van der Waals surface area (Å²) in [5, 5.41) is 7.07. The van der Waals surface area contributed by atoms with Crippen molar-refractivity contribution >= 4 is 61.0 Å². The zero-order valence-corrected chi connectivity index (χ0v) is 58.6. The maximum atomic E-state index is 13.1. The minimum atomic E-state index is -0.843. The van der Waals surface area contributed by atoms with Crippen LogP contribution in [-0.4, -0.2) is 160 Å². The first-order valence-electron chi connectivity index (χ1n) is 34.1. The van der Waals surface area contributed by atoms with E-state index in [1.807, 2.05) is 36.4 Å². The smallest absolute Gasteiger partial charge is 0.373 e. The van der Waals surface area contributed by atoms with Gasteiger partial charge in [-0.2, -0.15) is 28.8 Å². The van der Waals surface area contributed by atoms with Crippen molar-refractivity contribution in [1.82, 2.24) is 0 Å². The predicted molar refractivity (Wildman–Crippen MR) is 360 cm³/mol. The van der Waals surface area contributed by atoms with Crippen molar-refractivity contribution < 1.29 is 105 Å². The molecule has 0 bridgehead atoms. The van der Waals surface area contributed by atoms with E-state index >= 15 is 0 Å². The number of azide groups is 2. The maximum absolute atomic E-state index is 13.1. The fraction of sp³-hybridized carbons (Fsp3) is 0.690. The topological polar surface area (TPSA) is 403 Å². The predicted octanol–water partition coefficient (Wildman–Crippen LogP) is 12.9. The van der Waals surface area contributed by atoms with Crippen molar-refractivity contribution in [3.63, 3.8) is 0 Å². The molecule has 554 valence electrons. The van der Waals surface area contributed by atoms with Gasteiger partial charge in [0.2, 0.25) is 0 Å². The molecule has 2 rings (SSSR count). The standard InChI is InChI=1S/C34H51N3O11.C34H57N3O5.3CO2/c35-37-36-23-30-12-14-31(15-13-30)33(42)11-9-7-5-3-1-2-4-6-8-10-32(41)22-34(24-43-16-19-46-27-38,25-44-17-20-47-28-39)26-45-18-21-48-29-40;1-4-22-40-27-34(28-41-23-5-2,29-42-24-6-3)25-32(38)16-14-12-10-8-7-9-11-13-15-17-33(39)31-20-18-30(19-21-31)26-36-37-35;3*2-1-3/h12-15,27-29H,1-11,16-26H2;18-21H,4-17,22-29H2,1-3H3;;;. The van der Waals surface area contributed by atoms with Crippen LogP contribution >= 0.6 is 0 Å². The van der Waals surface area contributed by atoms with E-state index in [0.717, 1.165) is 132 Å². The summed E-state index contributed by atoms with van der Waals surface area (Å²) in [5.41, 5.74) is 18.8. The lowest BCUT2D eigenvalue weighted by molar-refractivity contribution is -0.193. The molecule has 0 aliphatic rings. The Bertz CT molecular complexity index is 2480. The summed E-state index contributed by atoms with van der Waals surface area (Å²) in [6.07, 6.45) is 25.2. The Morgan fingerprint density at radius 1 is 0.374 bits per heavy atom. The molecule has 28 heteroatoms. The lowest BCUT2D eigenvalue weighted by Gasteiger charge is -2.33. The average molecular weight is 1400 g/mol. The number of hydrogen-bond acceptors (Lipinski definition) is 24. The molecule has 2 aromatic rings. The number of benzene rings is 2. The molecule has 0 unspecified atom stereocenters. The average Bonchev–Trinajstić information content (AvgIpc) is 0.922. The number of carbonyl (C=O) groups is 7. The molecule has 0 fully saturated rings. The maximum Gasteiger partial charge on any atom is 0.373 e. The lowest BCUT2D eigenvalue weighted by atomic mass is 9.84. The molecular weight excluding hydrogens is 1290 g/mol. The zero-order valence-electron chi connectivity index (χ0n) is 58.6. The van der Waals surface area contributed by atoms with Gasteiger partial charge in [-0.3, -0.25) is 33.6 Å². The normalized spacial score (nSPS) is 10.4. The van der Waals surface area contributed by atoms with E-state index in [4.69, 9.17) is 68.3 Å². The van der Waals surface area contributed by atoms with Gasteiger partial charge in [0.25, 0.3) is 19.4 Å². The molecule has 0 radical (unpaired) electrons. The van der Waals surface area contributed by atoms with Crippen LogP contribution in [0.3, 0.4) is 0 Å². The fourth-order valence-corrected chi connectivity index (χ4v) is 10.00. The van der Waals surface area contributed by atoms with Crippen molar-refractivity contribution in [1.29, 1.82) is 0 Å². The number of rotatable bonds is 64. The Kier molecular flexibility index (Phi) is 70.0. The SMILES string of the molecule is CCCOCC(COCCC)(COCCC)CC(=O)CCCCCCCCCCCC(=O)c1ccc(CN=[N+]=[N-])cc1.O=C=O.O=C=O.O=C=O.[N-]=[N+]=NCc1ccc(C(=O)CCCCCCCCCCCC(=O)CC(COCCOC=O)(COCCOC=O)COCCOC=O)cc1. The minimum absolute atomic E-state index is 0.0434. The van der Waals surface area contributed by atoms with Gasteiger partial charge in [-0.1, -0.05) is 169 Å². The van der Waals surface area contributed by atoms with E-state index in [9.17, 15) is 33.6 Å². The van der Waals surface area contributed by atoms with Crippen LogP contribution in [-0.2, 0) is 108 Å². The van der Waals surface area contributed by atoms with Gasteiger partial charge < -0.3 is 42.6 Å². The molecule has 0 aliphatic carbocycles. The van der Waals surface area contributed by atoms with Crippen molar-refractivity contribution in [2.45, 2.75) is 207 Å². The van der Waals surface area contributed by atoms with Gasteiger partial charge in [0.1, 0.15) is 31.4 Å². The zero-order chi connectivity index (χ0) is 73.8. The van der Waals surface area contributed by atoms with E-state index < -0.39 is 10.8 Å². The van der Waals surface area contributed by atoms with Crippen LogP contribution in [0.2, 0.25) is 0 Å². The van der Waals surface area contributed by atoms with Gasteiger partial charge in [0.05, 0.1) is 72.6 Å². The summed E-state index contributed by atoms with van der Waals surface area (Å²) in [5.74, 6) is 0.630. The van der Waals surface area contributed by atoms with E-state index in [1.54, 1.807) is 12.1 Å². The molecule has 0 amide bonds. The van der Waals surface area contributed by atoms with Crippen LogP contribution in [0.25, 0.3) is 20.9 Å². The Morgan fingerprint density at radius 2 is 0.606 bits per heavy atom. The second-order valence-electron chi connectivity index (χ2n) is 23.3. The number of Topliss-reactive ketones (excluding diaryl/α,β-unsaturated/α-hetero) is 4. The highest BCUT2D eigenvalue weighted by Crippen LogP contribution is 2.29. The third-order valence-corrected chi connectivity index (χ3v) is 14.8. The van der Waals surface area contributed by atoms with Crippen molar-refractivity contribution in [3.8, 4) is 0 Å². The second-order valence-corrected chi connectivity index (χ2v) is 23.3. The van der Waals surface area contributed by atoms with Gasteiger partial charge >= 0.3 is 18.5 Å². The Hall–Kier alpha value is -7.95. The lowest BCUT2D eigenvalue weighted by Crippen LogP contribution is -2.40. The van der Waals surface area contributed by atoms with Crippen LogP contribution in [0, 0.1) is 10.8 Å². The highest BCUT2D eigenvalue weighted by atomic mass is 16.6. The Labute approximate surface area is 582 Å². The Balaban J connectivity index is -0.00000167. The number of nitrogens with zero attached hydrogens (tertiary/aromatic N) is 6. The highest BCUT2D eigenvalue weighted by Gasteiger charge is 2.36. The van der Waals surface area contributed by atoms with Gasteiger partial charge in [0, 0.05) is 90.1 Å². The molecule has 28 nitrogen and oxygen atoms in total. The van der Waals surface area contributed by atoms with E-state index in [0.29, 0.717) is 103 Å². The van der Waals surface area contributed by atoms with Crippen molar-refractivity contribution in [2.75, 3.05) is 99.1 Å². The number of carbonyl (C=O) groups excluding carboxylic acids is 13. The summed E-state index contributed by atoms with van der Waals surface area (Å²) in [6.45, 7) is 12.3. The van der Waals surface area contributed by atoms with Gasteiger partial charge in [-0.05, 0) is 67.1 Å². The van der Waals surface area contributed by atoms with Gasteiger partial charge in [0.15, 0.2) is 11.6 Å². The van der Waals surface area contributed by atoms with Crippen molar-refractivity contribution in [2.24, 2.45) is 21.1 Å². The summed E-state index contributed by atoms with van der Waals surface area (Å²) in [4.78, 5) is 136. The number of unbranched alkanes of at least 4 members (excludes halogenated alkanes) is 16. The van der Waals surface area contributed by atoms with Crippen LogP contribution in [0.1, 0.15) is 226 Å². The number of ether oxygens (including phenoxy) is 9. The molecule has 0 saturated heterocycles. The molecule has 2 aromatic carbocycles. The summed E-state index contributed by atoms with van der Waals surface area (Å²) >= 11 is 0. The molecule has 99 heavy (non-hydrogen) atoms. The van der Waals surface area contributed by atoms with E-state index in [-0.39, 0.29) is 114 Å². The van der Waals surface area contributed by atoms with E-state index in [2.05, 4.69) is 55.0 Å². The summed E-state index contributed by atoms with van der Waals surface area (Å²) in [6, 6.07) is 14.5. The minimum Gasteiger partial charge on any atom is -0.465 e. The second kappa shape index (κ2) is 72.8. The molecule has 0 saturated carbocycles. The van der Waals surface area contributed by atoms with Gasteiger partial charge in [-0.25, -0.2) is 0 Å². The molecule has 0 aromatic heterocycles. The first kappa shape index (κ1) is 95.2. The number of hydrogen-bond donors (Lipinski definition) is 0. The molecular formula is C71H108N6O22. The van der Waals surface area contributed by atoms with Crippen LogP contribution < -0.4 is 0 Å². The van der Waals surface area contributed by atoms with Crippen LogP contribution in [0.5, 0.6) is 0 Å². The first-order chi connectivity index (χ1) is 48.2. The summed E-state index contributed by atoms with van der Waals surface area (Å²) in [7, 11) is 0. The molecule has 0 N–H and O–H groups in total. The Morgan fingerprint density at radius 3 is 0.838 bits per heavy atom. The number of ketones is 4. The van der Waals surface area contributed by atoms with Crippen molar-refractivity contribution in [3.05, 3.63) is 91.7 Å². The third-order valence-electron chi connectivity index (χ3n) is 14.8. The van der Waals surface area contributed by atoms with Gasteiger partial charge in [-0.15, -0.1) is 0 Å². The third kappa shape index (κ3) is 59.8. The largest absolute Gasteiger partial charge is 0.465 e. The monoisotopic (exact) mass is 1400 g/mol. The molecule has 0 heterocycles. The molecule has 0 spiro atoms. The van der Waals surface area contributed by atoms with Crippen LogP contribution in [0.15, 0.2) is 58.8 Å². The summed E-state index contributed by atoms with van der Waals surface area (Å²) < 4.78 is 48.9. The van der Waals surface area contributed by atoms with E-state index in [1.165, 1.54) is 19.3 Å². The molecule has 0 atom stereocenters. The van der Waals surface area contributed by atoms with Crippen LogP contribution in [0.4, 0.5) is 0 Å². The fourth-order valence-electron chi connectivity index (χ4n) is 10.00. The first-order valence-corrected chi connectivity index (χ1v) is 34.1.